The van der Waals surface area contributed by atoms with Crippen molar-refractivity contribution in [1.82, 2.24) is 0 Å². The Labute approximate surface area is 99.0 Å². The first-order chi connectivity index (χ1) is 7.26. The van der Waals surface area contributed by atoms with Crippen LogP contribution in [0.15, 0.2) is 18.2 Å². The molecule has 1 N–H and O–H groups in total. The molecule has 82 valence electrons. The Morgan fingerprint density at radius 3 is 3.00 bits per heavy atom. The molecule has 0 radical (unpaired) electrons. The molecule has 0 aromatic heterocycles. The molecule has 0 bridgehead atoms. The Bertz CT molecular complexity index is 353. The molecule has 1 atom stereocenters. The summed E-state index contributed by atoms with van der Waals surface area (Å²) in [7, 11) is 0. The maximum absolute atomic E-state index is 9.72. The molecule has 0 amide bonds. The van der Waals surface area contributed by atoms with Gasteiger partial charge >= 0.3 is 0 Å². The fourth-order valence-electron chi connectivity index (χ4n) is 2.11. The van der Waals surface area contributed by atoms with Gasteiger partial charge in [0.15, 0.2) is 0 Å². The van der Waals surface area contributed by atoms with Gasteiger partial charge in [0, 0.05) is 24.1 Å². The number of benzene rings is 1. The van der Waals surface area contributed by atoms with Crippen molar-refractivity contribution in [2.75, 3.05) is 23.3 Å². The molecular formula is C12H16BrNO. The zero-order valence-corrected chi connectivity index (χ0v) is 10.5. The van der Waals surface area contributed by atoms with Gasteiger partial charge in [-0.1, -0.05) is 28.1 Å². The minimum absolute atomic E-state index is 0.383. The maximum atomic E-state index is 9.72. The Kier molecular flexibility index (Phi) is 3.32. The van der Waals surface area contributed by atoms with Crippen molar-refractivity contribution in [1.29, 1.82) is 0 Å². The minimum atomic E-state index is -0.383. The van der Waals surface area contributed by atoms with Gasteiger partial charge in [-0.25, -0.2) is 0 Å². The number of fused-ring (bicyclic) bond motifs is 1. The number of nitrogens with zero attached hydrogens (tertiary/aromatic N) is 1. The van der Waals surface area contributed by atoms with Gasteiger partial charge in [-0.15, -0.1) is 0 Å². The average molecular weight is 270 g/mol. The molecule has 0 saturated carbocycles. The van der Waals surface area contributed by atoms with Gasteiger partial charge in [0.1, 0.15) is 0 Å². The van der Waals surface area contributed by atoms with Crippen LogP contribution in [0.2, 0.25) is 0 Å². The van der Waals surface area contributed by atoms with E-state index in [1.165, 1.54) is 11.3 Å². The van der Waals surface area contributed by atoms with Crippen molar-refractivity contribution in [2.24, 2.45) is 0 Å². The van der Waals surface area contributed by atoms with Crippen LogP contribution < -0.4 is 4.90 Å². The van der Waals surface area contributed by atoms with E-state index in [1.54, 1.807) is 0 Å². The van der Waals surface area contributed by atoms with Crippen LogP contribution in [0.1, 0.15) is 24.2 Å². The van der Waals surface area contributed by atoms with Crippen molar-refractivity contribution in [3.63, 3.8) is 0 Å². The molecule has 0 saturated heterocycles. The highest BCUT2D eigenvalue weighted by Crippen LogP contribution is 2.30. The fourth-order valence-corrected chi connectivity index (χ4v) is 2.49. The number of aliphatic hydroxyl groups is 1. The lowest BCUT2D eigenvalue weighted by atomic mass is 10.1. The van der Waals surface area contributed by atoms with Crippen LogP contribution in [-0.4, -0.2) is 23.5 Å². The van der Waals surface area contributed by atoms with Crippen LogP contribution in [0, 0.1) is 0 Å². The number of aliphatic hydroxyl groups excluding tert-OH is 1. The maximum Gasteiger partial charge on any atom is 0.0886 e. The monoisotopic (exact) mass is 269 g/mol. The number of alkyl halides is 1. The second-order valence-corrected chi connectivity index (χ2v) is 4.54. The first-order valence-corrected chi connectivity index (χ1v) is 6.50. The SMILES string of the molecule is CCN1CCc2cc(C(O)CBr)ccc21. The van der Waals surface area contributed by atoms with E-state index in [0.717, 1.165) is 25.1 Å². The number of hydrogen-bond donors (Lipinski definition) is 1. The van der Waals surface area contributed by atoms with Gasteiger partial charge in [0.05, 0.1) is 6.10 Å². The van der Waals surface area contributed by atoms with Crippen LogP contribution in [0.5, 0.6) is 0 Å². The summed E-state index contributed by atoms with van der Waals surface area (Å²) in [6.07, 6.45) is 0.720. The molecular weight excluding hydrogens is 254 g/mol. The van der Waals surface area contributed by atoms with Crippen LogP contribution in [-0.2, 0) is 6.42 Å². The van der Waals surface area contributed by atoms with Crippen LogP contribution in [0.4, 0.5) is 5.69 Å². The summed E-state index contributed by atoms with van der Waals surface area (Å²) in [5.74, 6) is 0. The number of anilines is 1. The fraction of sp³-hybridized carbons (Fsp3) is 0.500. The van der Waals surface area contributed by atoms with Gasteiger partial charge in [-0.05, 0) is 30.5 Å². The predicted molar refractivity (Wildman–Crippen MR) is 66.8 cm³/mol. The van der Waals surface area contributed by atoms with E-state index in [2.05, 4.69) is 39.9 Å². The largest absolute Gasteiger partial charge is 0.388 e. The first-order valence-electron chi connectivity index (χ1n) is 5.38. The zero-order valence-electron chi connectivity index (χ0n) is 8.91. The normalized spacial score (nSPS) is 16.6. The zero-order chi connectivity index (χ0) is 10.8. The number of halogens is 1. The minimum Gasteiger partial charge on any atom is -0.388 e. The van der Waals surface area contributed by atoms with Crippen LogP contribution in [0.3, 0.4) is 0 Å². The molecule has 1 heterocycles. The van der Waals surface area contributed by atoms with Crippen molar-refractivity contribution < 1.29 is 5.11 Å². The predicted octanol–water partition coefficient (Wildman–Crippen LogP) is 2.50. The van der Waals surface area contributed by atoms with E-state index in [-0.39, 0.29) is 6.10 Å². The lowest BCUT2D eigenvalue weighted by molar-refractivity contribution is 0.205. The van der Waals surface area contributed by atoms with E-state index in [0.29, 0.717) is 5.33 Å². The van der Waals surface area contributed by atoms with E-state index < -0.39 is 0 Å². The molecule has 1 aliphatic heterocycles. The van der Waals surface area contributed by atoms with E-state index >= 15 is 0 Å². The van der Waals surface area contributed by atoms with Crippen molar-refractivity contribution in [3.8, 4) is 0 Å². The van der Waals surface area contributed by atoms with Gasteiger partial charge in [0.25, 0.3) is 0 Å². The number of hydrogen-bond acceptors (Lipinski definition) is 2. The topological polar surface area (TPSA) is 23.5 Å². The first kappa shape index (κ1) is 11.0. The molecule has 3 heteroatoms. The Hall–Kier alpha value is -0.540. The molecule has 2 nitrogen and oxygen atoms in total. The van der Waals surface area contributed by atoms with Crippen LogP contribution >= 0.6 is 15.9 Å². The lowest BCUT2D eigenvalue weighted by Crippen LogP contribution is -2.19. The molecule has 2 rings (SSSR count). The highest BCUT2D eigenvalue weighted by molar-refractivity contribution is 9.09. The molecule has 1 aliphatic rings. The highest BCUT2D eigenvalue weighted by Gasteiger charge is 2.18. The Morgan fingerprint density at radius 1 is 1.53 bits per heavy atom. The third kappa shape index (κ3) is 2.04. The molecule has 0 aliphatic carbocycles. The molecule has 0 spiro atoms. The quantitative estimate of drug-likeness (QED) is 0.853. The third-order valence-corrected chi connectivity index (χ3v) is 3.62. The standard InChI is InChI=1S/C12H16BrNO/c1-2-14-6-5-9-7-10(12(15)8-13)3-4-11(9)14/h3-4,7,12,15H,2,5-6,8H2,1H3. The molecule has 1 unspecified atom stereocenters. The summed E-state index contributed by atoms with van der Waals surface area (Å²) >= 11 is 3.30. The molecule has 0 fully saturated rings. The summed E-state index contributed by atoms with van der Waals surface area (Å²) in [6, 6.07) is 6.29. The van der Waals surface area contributed by atoms with E-state index in [9.17, 15) is 5.11 Å². The smallest absolute Gasteiger partial charge is 0.0886 e. The average Bonchev–Trinajstić information content (AvgIpc) is 2.69. The van der Waals surface area contributed by atoms with Crippen molar-refractivity contribution >= 4 is 21.6 Å². The van der Waals surface area contributed by atoms with E-state index in [1.807, 2.05) is 6.07 Å². The van der Waals surface area contributed by atoms with Gasteiger partial charge in [-0.2, -0.15) is 0 Å². The molecule has 1 aromatic carbocycles. The number of rotatable bonds is 3. The second kappa shape index (κ2) is 4.54. The van der Waals surface area contributed by atoms with Crippen LogP contribution in [0.25, 0.3) is 0 Å². The van der Waals surface area contributed by atoms with E-state index in [4.69, 9.17) is 0 Å². The summed E-state index contributed by atoms with van der Waals surface area (Å²) < 4.78 is 0. The third-order valence-electron chi connectivity index (χ3n) is 3.01. The second-order valence-electron chi connectivity index (χ2n) is 3.89. The van der Waals surface area contributed by atoms with Gasteiger partial charge < -0.3 is 10.0 Å². The van der Waals surface area contributed by atoms with Gasteiger partial charge in [0.2, 0.25) is 0 Å². The highest BCUT2D eigenvalue weighted by atomic mass is 79.9. The van der Waals surface area contributed by atoms with Gasteiger partial charge in [-0.3, -0.25) is 0 Å². The molecule has 15 heavy (non-hydrogen) atoms. The molecule has 1 aromatic rings. The summed E-state index contributed by atoms with van der Waals surface area (Å²) in [4.78, 5) is 2.37. The Balaban J connectivity index is 2.29. The lowest BCUT2D eigenvalue weighted by Gasteiger charge is -2.17. The summed E-state index contributed by atoms with van der Waals surface area (Å²) in [6.45, 7) is 4.35. The Morgan fingerprint density at radius 2 is 2.33 bits per heavy atom. The summed E-state index contributed by atoms with van der Waals surface area (Å²) in [5.41, 5.74) is 3.72. The van der Waals surface area contributed by atoms with Crippen molar-refractivity contribution in [2.45, 2.75) is 19.4 Å². The number of likely N-dealkylation sites (N-methyl/N-ethyl adjacent to an activating group) is 1. The summed E-state index contributed by atoms with van der Waals surface area (Å²) in [5, 5.41) is 10.3. The van der Waals surface area contributed by atoms with Crippen molar-refractivity contribution in [3.05, 3.63) is 29.3 Å².